The highest BCUT2D eigenvalue weighted by Gasteiger charge is 2.34. The van der Waals surface area contributed by atoms with Crippen LogP contribution in [0.5, 0.6) is 0 Å². The van der Waals surface area contributed by atoms with Gasteiger partial charge in [-0.25, -0.2) is 4.79 Å². The molecule has 0 aliphatic heterocycles. The van der Waals surface area contributed by atoms with Gasteiger partial charge in [-0.05, 0) is 36.5 Å². The quantitative estimate of drug-likeness (QED) is 0.717. The summed E-state index contributed by atoms with van der Waals surface area (Å²) < 4.78 is 45.4. The second kappa shape index (κ2) is 6.59. The molecule has 1 aliphatic rings. The first kappa shape index (κ1) is 18.4. The fraction of sp³-hybridized carbons (Fsp3) is 0.294. The van der Waals surface area contributed by atoms with Crippen LogP contribution in [0.3, 0.4) is 0 Å². The largest absolute Gasteiger partial charge is 0.418 e. The lowest BCUT2D eigenvalue weighted by Gasteiger charge is -2.15. The number of amides is 1. The first-order chi connectivity index (χ1) is 13.3. The van der Waals surface area contributed by atoms with Crippen LogP contribution in [-0.2, 0) is 17.5 Å². The number of para-hydroxylation sites is 1. The van der Waals surface area contributed by atoms with Crippen LogP contribution >= 0.6 is 11.5 Å². The van der Waals surface area contributed by atoms with E-state index >= 15 is 0 Å². The van der Waals surface area contributed by atoms with Crippen molar-refractivity contribution in [1.82, 2.24) is 13.5 Å². The van der Waals surface area contributed by atoms with Crippen LogP contribution in [0, 0.1) is 0 Å². The van der Waals surface area contributed by atoms with Crippen molar-refractivity contribution in [3.8, 4) is 0 Å². The predicted molar refractivity (Wildman–Crippen MR) is 96.5 cm³/mol. The number of carbonyl (C=O) groups excluding carboxylic acids is 1. The standard InChI is InChI=1S/C17H13F3N4O3S/c18-17(19,20)10-3-1-2-4-11(10)21-13(25)7-23-12-8-28-22-14(12)15(26)24(16(23)27)9-5-6-9/h1-4,8-9H,5-7H2,(H,21,25). The number of alkyl halides is 3. The van der Waals surface area contributed by atoms with Crippen LogP contribution in [-0.4, -0.2) is 19.4 Å². The van der Waals surface area contributed by atoms with Gasteiger partial charge in [-0.2, -0.15) is 17.5 Å². The van der Waals surface area contributed by atoms with E-state index in [1.807, 2.05) is 0 Å². The maximum atomic E-state index is 13.1. The van der Waals surface area contributed by atoms with E-state index in [1.165, 1.54) is 17.5 Å². The molecule has 11 heteroatoms. The molecule has 0 saturated heterocycles. The van der Waals surface area contributed by atoms with Gasteiger partial charge in [-0.1, -0.05) is 12.1 Å². The summed E-state index contributed by atoms with van der Waals surface area (Å²) in [7, 11) is 0. The van der Waals surface area contributed by atoms with E-state index in [0.717, 1.165) is 32.8 Å². The number of anilines is 1. The molecular weight excluding hydrogens is 397 g/mol. The van der Waals surface area contributed by atoms with Gasteiger partial charge in [0, 0.05) is 11.4 Å². The van der Waals surface area contributed by atoms with Crippen LogP contribution in [0.4, 0.5) is 18.9 Å². The second-order valence-electron chi connectivity index (χ2n) is 6.41. The lowest BCUT2D eigenvalue weighted by atomic mass is 10.1. The van der Waals surface area contributed by atoms with Crippen molar-refractivity contribution in [1.29, 1.82) is 0 Å². The van der Waals surface area contributed by atoms with Gasteiger partial charge in [0.15, 0.2) is 5.52 Å². The van der Waals surface area contributed by atoms with Gasteiger partial charge < -0.3 is 5.32 Å². The normalized spacial score (nSPS) is 14.4. The second-order valence-corrected chi connectivity index (χ2v) is 7.04. The molecule has 0 spiro atoms. The molecule has 0 bridgehead atoms. The Labute approximate surface area is 159 Å². The number of nitrogens with one attached hydrogen (secondary N) is 1. The number of hydrogen-bond donors (Lipinski definition) is 1. The molecule has 1 N–H and O–H groups in total. The van der Waals surface area contributed by atoms with Crippen LogP contribution in [0.2, 0.25) is 0 Å². The Kier molecular flexibility index (Phi) is 4.33. The number of carbonyl (C=O) groups is 1. The van der Waals surface area contributed by atoms with E-state index in [-0.39, 0.29) is 17.1 Å². The van der Waals surface area contributed by atoms with Crippen LogP contribution < -0.4 is 16.6 Å². The molecule has 1 amide bonds. The number of nitrogens with zero attached hydrogens (tertiary/aromatic N) is 3. The van der Waals surface area contributed by atoms with Crippen molar-refractivity contribution in [2.75, 3.05) is 5.32 Å². The molecule has 0 unspecified atom stereocenters. The number of fused-ring (bicyclic) bond motifs is 1. The molecule has 0 radical (unpaired) electrons. The molecule has 3 aromatic rings. The lowest BCUT2D eigenvalue weighted by molar-refractivity contribution is -0.137. The molecule has 1 saturated carbocycles. The van der Waals surface area contributed by atoms with Gasteiger partial charge in [0.05, 0.1) is 16.8 Å². The van der Waals surface area contributed by atoms with Crippen molar-refractivity contribution >= 4 is 34.2 Å². The summed E-state index contributed by atoms with van der Waals surface area (Å²) in [5, 5.41) is 3.67. The maximum absolute atomic E-state index is 13.1. The Balaban J connectivity index is 1.70. The van der Waals surface area contributed by atoms with Crippen molar-refractivity contribution in [2.24, 2.45) is 0 Å². The fourth-order valence-corrected chi connectivity index (χ4v) is 3.65. The van der Waals surface area contributed by atoms with E-state index in [4.69, 9.17) is 0 Å². The third-order valence-electron chi connectivity index (χ3n) is 4.42. The van der Waals surface area contributed by atoms with Gasteiger partial charge >= 0.3 is 11.9 Å². The molecule has 2 heterocycles. The minimum absolute atomic E-state index is 0.0694. The molecule has 2 aromatic heterocycles. The zero-order valence-electron chi connectivity index (χ0n) is 14.2. The molecule has 4 rings (SSSR count). The zero-order valence-corrected chi connectivity index (χ0v) is 15.0. The summed E-state index contributed by atoms with van der Waals surface area (Å²) in [4.78, 5) is 37.6. The monoisotopic (exact) mass is 410 g/mol. The van der Waals surface area contributed by atoms with E-state index in [9.17, 15) is 27.6 Å². The first-order valence-electron chi connectivity index (χ1n) is 8.33. The highest BCUT2D eigenvalue weighted by Crippen LogP contribution is 2.34. The molecular formula is C17H13F3N4O3S. The van der Waals surface area contributed by atoms with Gasteiger partial charge in [-0.3, -0.25) is 18.7 Å². The smallest absolute Gasteiger partial charge is 0.324 e. The molecule has 146 valence electrons. The van der Waals surface area contributed by atoms with Gasteiger partial charge in [-0.15, -0.1) is 0 Å². The van der Waals surface area contributed by atoms with E-state index in [0.29, 0.717) is 12.8 Å². The van der Waals surface area contributed by atoms with Crippen molar-refractivity contribution in [2.45, 2.75) is 31.6 Å². The molecule has 7 nitrogen and oxygen atoms in total. The van der Waals surface area contributed by atoms with Gasteiger partial charge in [0.25, 0.3) is 5.56 Å². The zero-order chi connectivity index (χ0) is 20.1. The van der Waals surface area contributed by atoms with Crippen LogP contribution in [0.25, 0.3) is 11.0 Å². The number of rotatable bonds is 4. The SMILES string of the molecule is O=C(Cn1c(=O)n(C2CC2)c(=O)c2nscc21)Nc1ccccc1C(F)(F)F. The highest BCUT2D eigenvalue weighted by atomic mass is 32.1. The molecule has 1 aromatic carbocycles. The third-order valence-corrected chi connectivity index (χ3v) is 5.04. The topological polar surface area (TPSA) is 86.0 Å². The number of benzene rings is 1. The number of hydrogen-bond acceptors (Lipinski definition) is 5. The average molecular weight is 410 g/mol. The Morgan fingerprint density at radius 3 is 2.64 bits per heavy atom. The molecule has 0 atom stereocenters. The predicted octanol–water partition coefficient (Wildman–Crippen LogP) is 2.61. The van der Waals surface area contributed by atoms with Crippen molar-refractivity contribution in [3.63, 3.8) is 0 Å². The van der Waals surface area contributed by atoms with E-state index < -0.39 is 41.1 Å². The summed E-state index contributed by atoms with van der Waals surface area (Å²) in [5.74, 6) is -0.813. The maximum Gasteiger partial charge on any atom is 0.418 e. The Morgan fingerprint density at radius 1 is 1.25 bits per heavy atom. The Bertz CT molecular complexity index is 1190. The molecule has 1 fully saturated rings. The van der Waals surface area contributed by atoms with Crippen LogP contribution in [0.15, 0.2) is 39.2 Å². The fourth-order valence-electron chi connectivity index (χ4n) is 2.99. The highest BCUT2D eigenvalue weighted by molar-refractivity contribution is 7.04. The van der Waals surface area contributed by atoms with Gasteiger partial charge in [0.1, 0.15) is 6.54 Å². The Hall–Kier alpha value is -2.95. The lowest BCUT2D eigenvalue weighted by Crippen LogP contribution is -2.41. The minimum atomic E-state index is -4.63. The van der Waals surface area contributed by atoms with Crippen molar-refractivity contribution < 1.29 is 18.0 Å². The minimum Gasteiger partial charge on any atom is -0.324 e. The van der Waals surface area contributed by atoms with Crippen molar-refractivity contribution in [3.05, 3.63) is 56.0 Å². The summed E-state index contributed by atoms with van der Waals surface area (Å²) in [6.45, 7) is -0.535. The number of aromatic nitrogens is 3. The molecule has 28 heavy (non-hydrogen) atoms. The molecule has 1 aliphatic carbocycles. The van der Waals surface area contributed by atoms with Gasteiger partial charge in [0.2, 0.25) is 5.91 Å². The van der Waals surface area contributed by atoms with Crippen LogP contribution in [0.1, 0.15) is 24.4 Å². The first-order valence-corrected chi connectivity index (χ1v) is 9.16. The summed E-state index contributed by atoms with van der Waals surface area (Å²) >= 11 is 0.964. The summed E-state index contributed by atoms with van der Waals surface area (Å²) in [6, 6.07) is 4.35. The Morgan fingerprint density at radius 2 is 1.96 bits per heavy atom. The van der Waals surface area contributed by atoms with E-state index in [2.05, 4.69) is 9.69 Å². The van der Waals surface area contributed by atoms with E-state index in [1.54, 1.807) is 0 Å². The summed E-state index contributed by atoms with van der Waals surface area (Å²) in [5.41, 5.74) is -2.30. The number of halogens is 3. The summed E-state index contributed by atoms with van der Waals surface area (Å²) in [6.07, 6.45) is -3.28. The third kappa shape index (κ3) is 3.21. The average Bonchev–Trinajstić information content (AvgIpc) is 3.33.